The molecule has 1 fully saturated rings. The molecule has 2 atom stereocenters. The summed E-state index contributed by atoms with van der Waals surface area (Å²) in [5.41, 5.74) is 5.69. The SMILES string of the molecule is CONC(=O)[C@@H](Cc1ccc(C)cc1)N(C)C=O.C[C@@H](Cc1ccc2ccccc2c1)N(C)C(=O)C1CCNCC1. The Balaban J connectivity index is 0.000000233. The minimum Gasteiger partial charge on any atom is -0.342 e. The molecular weight excluding hydrogens is 516 g/mol. The lowest BCUT2D eigenvalue weighted by molar-refractivity contribution is -0.139. The van der Waals surface area contributed by atoms with Crippen molar-refractivity contribution in [1.29, 1.82) is 0 Å². The zero-order chi connectivity index (χ0) is 29.8. The van der Waals surface area contributed by atoms with Crippen LogP contribution in [0.2, 0.25) is 0 Å². The minimum absolute atomic E-state index is 0.195. The van der Waals surface area contributed by atoms with Crippen LogP contribution in [-0.4, -0.2) is 74.4 Å². The van der Waals surface area contributed by atoms with Gasteiger partial charge in [0.1, 0.15) is 6.04 Å². The molecule has 8 heteroatoms. The van der Waals surface area contributed by atoms with Crippen molar-refractivity contribution in [1.82, 2.24) is 20.6 Å². The Hall–Kier alpha value is -3.75. The third kappa shape index (κ3) is 9.40. The first-order valence-electron chi connectivity index (χ1n) is 14.2. The summed E-state index contributed by atoms with van der Waals surface area (Å²) in [7, 11) is 4.89. The van der Waals surface area contributed by atoms with Gasteiger partial charge in [-0.25, -0.2) is 5.48 Å². The van der Waals surface area contributed by atoms with Gasteiger partial charge in [0.05, 0.1) is 7.11 Å². The van der Waals surface area contributed by atoms with Crippen LogP contribution in [0.15, 0.2) is 66.7 Å². The number of amides is 3. The first-order chi connectivity index (χ1) is 19.7. The van der Waals surface area contributed by atoms with Crippen LogP contribution in [0.25, 0.3) is 10.8 Å². The predicted octanol–water partition coefficient (Wildman–Crippen LogP) is 3.90. The average Bonchev–Trinajstić information content (AvgIpc) is 3.00. The highest BCUT2D eigenvalue weighted by atomic mass is 16.6. The van der Waals surface area contributed by atoms with Gasteiger partial charge in [-0.1, -0.05) is 72.3 Å². The molecule has 0 unspecified atom stereocenters. The number of hydrogen-bond acceptors (Lipinski definition) is 5. The molecule has 2 N–H and O–H groups in total. The maximum atomic E-state index is 12.6. The summed E-state index contributed by atoms with van der Waals surface area (Å²) in [6.07, 6.45) is 3.91. The van der Waals surface area contributed by atoms with Gasteiger partial charge in [0.25, 0.3) is 5.91 Å². The van der Waals surface area contributed by atoms with Gasteiger partial charge in [-0.15, -0.1) is 0 Å². The predicted molar refractivity (Wildman–Crippen MR) is 163 cm³/mol. The smallest absolute Gasteiger partial charge is 0.266 e. The maximum Gasteiger partial charge on any atom is 0.266 e. The molecule has 220 valence electrons. The lowest BCUT2D eigenvalue weighted by atomic mass is 9.95. The Morgan fingerprint density at radius 1 is 0.976 bits per heavy atom. The Kier molecular flexibility index (Phi) is 12.3. The summed E-state index contributed by atoms with van der Waals surface area (Å²) < 4.78 is 0. The van der Waals surface area contributed by atoms with E-state index < -0.39 is 6.04 Å². The number of aryl methyl sites for hydroxylation is 1. The second-order valence-electron chi connectivity index (χ2n) is 10.9. The van der Waals surface area contributed by atoms with E-state index in [1.165, 1.54) is 28.3 Å². The highest BCUT2D eigenvalue weighted by Crippen LogP contribution is 2.20. The molecule has 3 aromatic carbocycles. The first-order valence-corrected chi connectivity index (χ1v) is 14.2. The molecule has 0 spiro atoms. The van der Waals surface area contributed by atoms with Crippen molar-refractivity contribution in [3.63, 3.8) is 0 Å². The molecule has 4 rings (SSSR count). The van der Waals surface area contributed by atoms with Crippen LogP contribution in [0.1, 0.15) is 36.5 Å². The van der Waals surface area contributed by atoms with Gasteiger partial charge in [0, 0.05) is 32.5 Å². The quantitative estimate of drug-likeness (QED) is 0.290. The van der Waals surface area contributed by atoms with Crippen LogP contribution in [0.3, 0.4) is 0 Å². The monoisotopic (exact) mass is 560 g/mol. The zero-order valence-electron chi connectivity index (χ0n) is 24.9. The summed E-state index contributed by atoms with van der Waals surface area (Å²) in [5.74, 6) is 0.160. The van der Waals surface area contributed by atoms with Crippen molar-refractivity contribution < 1.29 is 19.2 Å². The highest BCUT2D eigenvalue weighted by Gasteiger charge is 2.26. The van der Waals surface area contributed by atoms with E-state index in [1.807, 2.05) is 43.1 Å². The number of hydrogen-bond donors (Lipinski definition) is 2. The Morgan fingerprint density at radius 2 is 1.61 bits per heavy atom. The van der Waals surface area contributed by atoms with E-state index in [9.17, 15) is 14.4 Å². The van der Waals surface area contributed by atoms with Gasteiger partial charge < -0.3 is 15.1 Å². The van der Waals surface area contributed by atoms with Crippen molar-refractivity contribution in [3.8, 4) is 0 Å². The third-order valence-corrected chi connectivity index (χ3v) is 7.76. The molecule has 1 heterocycles. The Bertz CT molecular complexity index is 1270. The highest BCUT2D eigenvalue weighted by molar-refractivity contribution is 5.83. The summed E-state index contributed by atoms with van der Waals surface area (Å²) in [4.78, 5) is 43.1. The average molecular weight is 561 g/mol. The summed E-state index contributed by atoms with van der Waals surface area (Å²) in [5, 5.41) is 5.86. The third-order valence-electron chi connectivity index (χ3n) is 7.76. The molecule has 0 aliphatic carbocycles. The lowest BCUT2D eigenvalue weighted by Crippen LogP contribution is -2.45. The van der Waals surface area contributed by atoms with E-state index in [1.54, 1.807) is 7.05 Å². The fraction of sp³-hybridized carbons (Fsp3) is 0.424. The van der Waals surface area contributed by atoms with Crippen LogP contribution in [0.5, 0.6) is 0 Å². The fourth-order valence-electron chi connectivity index (χ4n) is 5.03. The van der Waals surface area contributed by atoms with Crippen molar-refractivity contribution in [2.24, 2.45) is 5.92 Å². The molecule has 0 bridgehead atoms. The molecule has 0 radical (unpaired) electrons. The topological polar surface area (TPSA) is 91.0 Å². The molecule has 41 heavy (non-hydrogen) atoms. The van der Waals surface area contributed by atoms with Gasteiger partial charge in [-0.2, -0.15) is 0 Å². The molecule has 0 aromatic heterocycles. The van der Waals surface area contributed by atoms with E-state index in [0.717, 1.165) is 43.5 Å². The number of hydroxylamine groups is 1. The second-order valence-corrected chi connectivity index (χ2v) is 10.9. The number of benzene rings is 3. The molecule has 0 saturated carbocycles. The van der Waals surface area contributed by atoms with Crippen molar-refractivity contribution >= 4 is 29.0 Å². The standard InChI is InChI=1S/C20H26N2O.C13H18N2O3/c1-15(22(2)20(23)18-9-11-21-12-10-18)13-16-7-8-17-5-3-4-6-19(17)14-16;1-10-4-6-11(7-5-10)8-12(15(2)9-16)13(17)14-18-3/h3-8,14-15,18,21H,9-13H2,1-2H3;4-7,9,12H,8H2,1-3H3,(H,14,17)/t15-;12-/m01/s1. The number of nitrogens with zero attached hydrogens (tertiary/aromatic N) is 2. The van der Waals surface area contributed by atoms with E-state index in [2.05, 4.69) is 65.0 Å². The van der Waals surface area contributed by atoms with Gasteiger partial charge >= 0.3 is 0 Å². The molecule has 1 aliphatic rings. The molecule has 1 aliphatic heterocycles. The number of carbonyl (C=O) groups is 3. The van der Waals surface area contributed by atoms with Crippen molar-refractivity contribution in [2.75, 3.05) is 34.3 Å². The summed E-state index contributed by atoms with van der Waals surface area (Å²) >= 11 is 0. The first kappa shape index (κ1) is 31.8. The molecule has 3 amide bonds. The minimum atomic E-state index is -0.579. The van der Waals surface area contributed by atoms with Gasteiger partial charge in [-0.3, -0.25) is 19.2 Å². The normalized spacial score (nSPS) is 14.8. The van der Waals surface area contributed by atoms with Crippen LogP contribution in [-0.2, 0) is 32.1 Å². The van der Waals surface area contributed by atoms with Crippen LogP contribution < -0.4 is 10.8 Å². The summed E-state index contributed by atoms with van der Waals surface area (Å²) in [6, 6.07) is 22.5. The number of piperidine rings is 1. The van der Waals surface area contributed by atoms with Gasteiger partial charge in [-0.05, 0) is 68.1 Å². The number of nitrogens with one attached hydrogen (secondary N) is 2. The van der Waals surface area contributed by atoms with E-state index >= 15 is 0 Å². The summed E-state index contributed by atoms with van der Waals surface area (Å²) in [6.45, 7) is 6.07. The lowest BCUT2D eigenvalue weighted by Gasteiger charge is -2.31. The van der Waals surface area contributed by atoms with Crippen LogP contribution >= 0.6 is 0 Å². The van der Waals surface area contributed by atoms with Crippen molar-refractivity contribution in [3.05, 3.63) is 83.4 Å². The number of likely N-dealkylation sites (N-methyl/N-ethyl adjacent to an activating group) is 2. The molecule has 8 nitrogen and oxygen atoms in total. The van der Waals surface area contributed by atoms with Gasteiger partial charge in [0.15, 0.2) is 0 Å². The Morgan fingerprint density at radius 3 is 2.24 bits per heavy atom. The number of fused-ring (bicyclic) bond motifs is 1. The molecular formula is C33H44N4O4. The van der Waals surface area contributed by atoms with E-state index in [0.29, 0.717) is 18.7 Å². The van der Waals surface area contributed by atoms with E-state index in [-0.39, 0.29) is 17.9 Å². The Labute approximate surface area is 244 Å². The molecule has 1 saturated heterocycles. The van der Waals surface area contributed by atoms with Crippen molar-refractivity contribution in [2.45, 2.75) is 51.6 Å². The number of carbonyl (C=O) groups excluding carboxylic acids is 3. The maximum absolute atomic E-state index is 12.6. The molecule has 3 aromatic rings. The number of rotatable bonds is 10. The largest absolute Gasteiger partial charge is 0.342 e. The van der Waals surface area contributed by atoms with E-state index in [4.69, 9.17) is 0 Å². The van der Waals surface area contributed by atoms with Gasteiger partial charge in [0.2, 0.25) is 12.3 Å². The second kappa shape index (κ2) is 15.9. The zero-order valence-corrected chi connectivity index (χ0v) is 24.9. The van der Waals surface area contributed by atoms with Crippen LogP contribution in [0, 0.1) is 12.8 Å². The fourth-order valence-corrected chi connectivity index (χ4v) is 5.03. The van der Waals surface area contributed by atoms with Crippen LogP contribution in [0.4, 0.5) is 0 Å².